The van der Waals surface area contributed by atoms with Crippen LogP contribution in [0.3, 0.4) is 0 Å². The highest BCUT2D eigenvalue weighted by Gasteiger charge is 2.24. The van der Waals surface area contributed by atoms with Crippen LogP contribution in [0.4, 0.5) is 4.79 Å². The van der Waals surface area contributed by atoms with Gasteiger partial charge in [-0.25, -0.2) is 9.36 Å². The second kappa shape index (κ2) is 9.61. The molecule has 0 saturated heterocycles. The fourth-order valence-corrected chi connectivity index (χ4v) is 1.84. The van der Waals surface area contributed by atoms with Crippen LogP contribution in [0.15, 0.2) is 0 Å². The summed E-state index contributed by atoms with van der Waals surface area (Å²) in [6.07, 6.45) is -1.00. The van der Waals surface area contributed by atoms with Crippen LogP contribution in [0, 0.1) is 0 Å². The number of esters is 1. The Morgan fingerprint density at radius 1 is 1.37 bits per heavy atom. The minimum Gasteiger partial charge on any atom is -0.456 e. The molecule has 0 aliphatic heterocycles. The molecule has 112 valence electrons. The Morgan fingerprint density at radius 2 is 2.00 bits per heavy atom. The Kier molecular flexibility index (Phi) is 9.48. The van der Waals surface area contributed by atoms with Crippen molar-refractivity contribution in [1.29, 1.82) is 0 Å². The molecule has 2 atom stereocenters. The number of phosphoric acid groups is 1. The zero-order valence-electron chi connectivity index (χ0n) is 10.1. The van der Waals surface area contributed by atoms with Crippen LogP contribution in [-0.2, 0) is 27.9 Å². The summed E-state index contributed by atoms with van der Waals surface area (Å²) in [5.41, 5.74) is 5.10. The van der Waals surface area contributed by atoms with Crippen LogP contribution in [0.2, 0.25) is 0 Å². The van der Waals surface area contributed by atoms with E-state index in [4.69, 9.17) is 10.5 Å². The highest BCUT2D eigenvalue weighted by atomic mass is 127. The van der Waals surface area contributed by atoms with Gasteiger partial charge in [-0.2, -0.15) is 0 Å². The zero-order chi connectivity index (χ0) is 14.9. The smallest absolute Gasteiger partial charge is 0.456 e. The average molecular weight is 411 g/mol. The van der Waals surface area contributed by atoms with E-state index in [1.54, 1.807) is 0 Å². The van der Waals surface area contributed by atoms with Gasteiger partial charge in [0.1, 0.15) is 6.61 Å². The first-order valence-electron chi connectivity index (χ1n) is 5.08. The summed E-state index contributed by atoms with van der Waals surface area (Å²) in [7, 11) is -4.27. The predicted octanol–water partition coefficient (Wildman–Crippen LogP) is 0.582. The highest BCUT2D eigenvalue weighted by molar-refractivity contribution is 14.1. The number of halogens is 1. The number of ether oxygens (including phenoxy) is 2. The van der Waals surface area contributed by atoms with E-state index in [0.717, 1.165) is 6.92 Å². The van der Waals surface area contributed by atoms with E-state index < -0.39 is 30.5 Å². The Hall–Kier alpha value is -0.260. The number of rotatable bonds is 9. The lowest BCUT2D eigenvalue weighted by Crippen LogP contribution is -2.28. The molecular weight excluding hydrogens is 396 g/mol. The van der Waals surface area contributed by atoms with Crippen molar-refractivity contribution in [2.75, 3.05) is 26.4 Å². The van der Waals surface area contributed by atoms with Crippen LogP contribution >= 0.6 is 30.4 Å². The van der Waals surface area contributed by atoms with Crippen molar-refractivity contribution < 1.29 is 37.6 Å². The van der Waals surface area contributed by atoms with Gasteiger partial charge in [0.15, 0.2) is 6.10 Å². The van der Waals surface area contributed by atoms with Gasteiger partial charge in [-0.3, -0.25) is 13.8 Å². The maximum Gasteiger partial charge on any atom is 0.472 e. The largest absolute Gasteiger partial charge is 0.472 e. The first kappa shape index (κ1) is 18.7. The summed E-state index contributed by atoms with van der Waals surface area (Å²) in [5.74, 6) is -0.645. The molecule has 19 heavy (non-hydrogen) atoms. The molecule has 0 aromatic rings. The lowest BCUT2D eigenvalue weighted by atomic mass is 10.4. The van der Waals surface area contributed by atoms with Gasteiger partial charge in [0.05, 0.1) is 35.8 Å². The van der Waals surface area contributed by atoms with Crippen LogP contribution in [0.5, 0.6) is 0 Å². The fourth-order valence-electron chi connectivity index (χ4n) is 0.892. The molecule has 0 heterocycles. The van der Waals surface area contributed by atoms with E-state index in [-0.39, 0.29) is 19.8 Å². The lowest BCUT2D eigenvalue weighted by Gasteiger charge is -2.18. The van der Waals surface area contributed by atoms with E-state index in [1.807, 2.05) is 0 Å². The lowest BCUT2D eigenvalue weighted by molar-refractivity contribution is -0.150. The highest BCUT2D eigenvalue weighted by Crippen LogP contribution is 2.42. The van der Waals surface area contributed by atoms with Gasteiger partial charge in [0, 0.05) is 13.5 Å². The molecule has 3 N–H and O–H groups in total. The maximum absolute atomic E-state index is 11.3. The van der Waals surface area contributed by atoms with E-state index in [2.05, 4.69) is 13.8 Å². The fraction of sp³-hybridized carbons (Fsp3) is 0.750. The third-order valence-electron chi connectivity index (χ3n) is 1.51. The van der Waals surface area contributed by atoms with Crippen molar-refractivity contribution in [2.45, 2.75) is 13.0 Å². The molecule has 0 amide bonds. The van der Waals surface area contributed by atoms with E-state index in [9.17, 15) is 19.0 Å². The molecule has 0 rings (SSSR count). The Bertz CT molecular complexity index is 352. The topological polar surface area (TPSA) is 134 Å². The van der Waals surface area contributed by atoms with Crippen LogP contribution in [-0.4, -0.2) is 47.3 Å². The Balaban J connectivity index is 4.26. The van der Waals surface area contributed by atoms with Crippen molar-refractivity contribution in [3.63, 3.8) is 0 Å². The molecule has 0 aromatic heterocycles. The van der Waals surface area contributed by atoms with Crippen LogP contribution in [0.1, 0.15) is 6.92 Å². The average Bonchev–Trinajstić information content (AvgIpc) is 2.29. The van der Waals surface area contributed by atoms with Crippen LogP contribution < -0.4 is 5.73 Å². The zero-order valence-corrected chi connectivity index (χ0v) is 13.2. The van der Waals surface area contributed by atoms with Crippen molar-refractivity contribution in [3.05, 3.63) is 0 Å². The van der Waals surface area contributed by atoms with E-state index >= 15 is 0 Å². The molecule has 11 heteroatoms. The molecule has 0 spiro atoms. The molecule has 0 bridgehead atoms. The minimum atomic E-state index is -4.27. The SMILES string of the molecule is CC(=O)OC(COC(=O)I)COP(=O)(O)OCCN. The van der Waals surface area contributed by atoms with Gasteiger partial charge in [-0.05, 0) is 0 Å². The Morgan fingerprint density at radius 3 is 2.47 bits per heavy atom. The third-order valence-corrected chi connectivity index (χ3v) is 2.81. The molecule has 0 radical (unpaired) electrons. The summed E-state index contributed by atoms with van der Waals surface area (Å²) in [5, 5.41) is 0. The van der Waals surface area contributed by atoms with Gasteiger partial charge in [-0.1, -0.05) is 0 Å². The molecule has 0 aromatic carbocycles. The summed E-state index contributed by atoms with van der Waals surface area (Å²) < 4.78 is 29.1. The van der Waals surface area contributed by atoms with Crippen molar-refractivity contribution in [1.82, 2.24) is 0 Å². The van der Waals surface area contributed by atoms with Gasteiger partial charge in [0.2, 0.25) is 0 Å². The van der Waals surface area contributed by atoms with E-state index in [1.165, 1.54) is 22.6 Å². The molecule has 0 aliphatic rings. The first-order valence-corrected chi connectivity index (χ1v) is 7.65. The quantitative estimate of drug-likeness (QED) is 0.242. The number of carbonyl (C=O) groups is 2. The van der Waals surface area contributed by atoms with Crippen molar-refractivity contribution in [3.8, 4) is 0 Å². The maximum atomic E-state index is 11.3. The number of hydrogen-bond donors (Lipinski definition) is 2. The van der Waals surface area contributed by atoms with Gasteiger partial charge >= 0.3 is 17.8 Å². The molecule has 9 nitrogen and oxygen atoms in total. The Labute approximate surface area is 123 Å². The standard InChI is InChI=1S/C8H15INO8P/c1-6(11)18-7(4-15-8(9)12)5-17-19(13,14)16-3-2-10/h7H,2-5,10H2,1H3,(H,13,14). The number of phosphoric ester groups is 1. The number of nitrogens with two attached hydrogens (primary N) is 1. The third kappa shape index (κ3) is 11.3. The monoisotopic (exact) mass is 411 g/mol. The molecule has 0 saturated carbocycles. The number of carbonyl (C=O) groups excluding carboxylic acids is 2. The molecule has 0 aliphatic carbocycles. The summed E-state index contributed by atoms with van der Waals surface area (Å²) >= 11 is 1.39. The van der Waals surface area contributed by atoms with E-state index in [0.29, 0.717) is 0 Å². The van der Waals surface area contributed by atoms with Crippen LogP contribution in [0.25, 0.3) is 0 Å². The van der Waals surface area contributed by atoms with Gasteiger partial charge < -0.3 is 20.1 Å². The minimum absolute atomic E-state index is 0.0493. The van der Waals surface area contributed by atoms with Crippen molar-refractivity contribution >= 4 is 40.4 Å². The molecule has 2 unspecified atom stereocenters. The summed E-state index contributed by atoms with van der Waals surface area (Å²) in [4.78, 5) is 30.6. The van der Waals surface area contributed by atoms with Gasteiger partial charge in [0.25, 0.3) is 0 Å². The van der Waals surface area contributed by atoms with Crippen molar-refractivity contribution in [2.24, 2.45) is 5.73 Å². The summed E-state index contributed by atoms with van der Waals surface area (Å²) in [6, 6.07) is 0. The first-order chi connectivity index (χ1) is 8.76. The molecular formula is C8H15INO8P. The second-order valence-corrected chi connectivity index (χ2v) is 5.50. The van der Waals surface area contributed by atoms with Gasteiger partial charge in [-0.15, -0.1) is 0 Å². The predicted molar refractivity (Wildman–Crippen MR) is 71.7 cm³/mol. The second-order valence-electron chi connectivity index (χ2n) is 3.17. The summed E-state index contributed by atoms with van der Waals surface area (Å²) in [6.45, 7) is 0.283. The molecule has 0 fully saturated rings. The normalized spacial score (nSPS) is 15.4. The number of hydrogen-bond acceptors (Lipinski definition) is 8.